The second-order valence-corrected chi connectivity index (χ2v) is 5.95. The van der Waals surface area contributed by atoms with Gasteiger partial charge in [0.15, 0.2) is 0 Å². The number of benzene rings is 2. The van der Waals surface area contributed by atoms with Gasteiger partial charge in [0, 0.05) is 18.1 Å². The molecule has 128 valence electrons. The van der Waals surface area contributed by atoms with E-state index in [1.807, 2.05) is 30.5 Å². The monoisotopic (exact) mass is 342 g/mol. The number of aromatic nitrogens is 2. The maximum absolute atomic E-state index is 12.0. The first-order valence-corrected chi connectivity index (χ1v) is 8.56. The number of rotatable bonds is 4. The minimum atomic E-state index is -0.407. The van der Waals surface area contributed by atoms with Gasteiger partial charge in [0.2, 0.25) is 0 Å². The third-order valence-electron chi connectivity index (χ3n) is 4.31. The molecule has 4 aromatic rings. The highest BCUT2D eigenvalue weighted by Crippen LogP contribution is 2.27. The van der Waals surface area contributed by atoms with Crippen LogP contribution in [0.3, 0.4) is 0 Å². The van der Waals surface area contributed by atoms with Gasteiger partial charge in [-0.2, -0.15) is 0 Å². The van der Waals surface area contributed by atoms with Crippen molar-refractivity contribution in [1.29, 1.82) is 0 Å². The fourth-order valence-corrected chi connectivity index (χ4v) is 3.05. The number of carbonyl (C=O) groups excluding carboxylic acids is 1. The summed E-state index contributed by atoms with van der Waals surface area (Å²) in [6, 6.07) is 22.4. The highest BCUT2D eigenvalue weighted by molar-refractivity contribution is 5.89. The molecule has 0 saturated carbocycles. The van der Waals surface area contributed by atoms with E-state index in [1.54, 1.807) is 19.2 Å². The maximum atomic E-state index is 12.0. The molecule has 0 N–H and O–H groups in total. The Morgan fingerprint density at radius 1 is 1.00 bits per heavy atom. The Bertz CT molecular complexity index is 1070. The van der Waals surface area contributed by atoms with Crippen molar-refractivity contribution in [3.05, 3.63) is 84.8 Å². The number of pyridine rings is 1. The van der Waals surface area contributed by atoms with Gasteiger partial charge >= 0.3 is 5.97 Å². The third kappa shape index (κ3) is 2.97. The number of ether oxygens (including phenoxy) is 1. The number of fused-ring (bicyclic) bond motifs is 1. The van der Waals surface area contributed by atoms with Crippen molar-refractivity contribution in [1.82, 2.24) is 9.55 Å². The van der Waals surface area contributed by atoms with Crippen molar-refractivity contribution in [3.63, 3.8) is 0 Å². The van der Waals surface area contributed by atoms with Crippen LogP contribution in [0.25, 0.3) is 27.7 Å². The minimum Gasteiger partial charge on any atom is -0.461 e. The largest absolute Gasteiger partial charge is 0.461 e. The summed E-state index contributed by atoms with van der Waals surface area (Å²) in [5, 5.41) is 1.14. The SMILES string of the molecule is CCOC(=O)c1cc(-n2ccc3ccc(-c4ccccc4)cc32)ccn1. The van der Waals surface area contributed by atoms with Crippen LogP contribution in [0.4, 0.5) is 0 Å². The van der Waals surface area contributed by atoms with Crippen molar-refractivity contribution in [2.45, 2.75) is 6.92 Å². The topological polar surface area (TPSA) is 44.1 Å². The summed E-state index contributed by atoms with van der Waals surface area (Å²) in [4.78, 5) is 16.1. The highest BCUT2D eigenvalue weighted by atomic mass is 16.5. The number of carbonyl (C=O) groups is 1. The zero-order chi connectivity index (χ0) is 17.9. The molecule has 0 aliphatic carbocycles. The summed E-state index contributed by atoms with van der Waals surface area (Å²) in [7, 11) is 0. The van der Waals surface area contributed by atoms with Crippen molar-refractivity contribution in [3.8, 4) is 16.8 Å². The second-order valence-electron chi connectivity index (χ2n) is 5.95. The molecular weight excluding hydrogens is 324 g/mol. The zero-order valence-corrected chi connectivity index (χ0v) is 14.4. The van der Waals surface area contributed by atoms with E-state index in [0.717, 1.165) is 22.2 Å². The average Bonchev–Trinajstić information content (AvgIpc) is 3.12. The normalized spacial score (nSPS) is 10.8. The average molecular weight is 342 g/mol. The van der Waals surface area contributed by atoms with Gasteiger partial charge in [-0.3, -0.25) is 0 Å². The van der Waals surface area contributed by atoms with E-state index in [9.17, 15) is 4.79 Å². The van der Waals surface area contributed by atoms with Crippen LogP contribution in [0, 0.1) is 0 Å². The summed E-state index contributed by atoms with van der Waals surface area (Å²) in [5.74, 6) is -0.407. The first-order valence-electron chi connectivity index (χ1n) is 8.56. The van der Waals surface area contributed by atoms with E-state index in [0.29, 0.717) is 12.3 Å². The zero-order valence-electron chi connectivity index (χ0n) is 14.4. The highest BCUT2D eigenvalue weighted by Gasteiger charge is 2.11. The predicted molar refractivity (Wildman–Crippen MR) is 102 cm³/mol. The summed E-state index contributed by atoms with van der Waals surface area (Å²) < 4.78 is 7.12. The molecule has 2 aromatic carbocycles. The van der Waals surface area contributed by atoms with Crippen molar-refractivity contribution in [2.24, 2.45) is 0 Å². The lowest BCUT2D eigenvalue weighted by Crippen LogP contribution is -2.07. The summed E-state index contributed by atoms with van der Waals surface area (Å²) >= 11 is 0. The molecule has 26 heavy (non-hydrogen) atoms. The molecule has 0 aliphatic rings. The molecule has 0 bridgehead atoms. The molecule has 0 unspecified atom stereocenters. The van der Waals surface area contributed by atoms with Crippen LogP contribution in [0.2, 0.25) is 0 Å². The fraction of sp³-hybridized carbons (Fsp3) is 0.0909. The van der Waals surface area contributed by atoms with Gasteiger partial charge in [0.05, 0.1) is 12.1 Å². The fourth-order valence-electron chi connectivity index (χ4n) is 3.05. The Morgan fingerprint density at radius 2 is 1.85 bits per heavy atom. The summed E-state index contributed by atoms with van der Waals surface area (Å²) in [6.07, 6.45) is 3.64. The Labute approximate surface area is 151 Å². The molecule has 0 atom stereocenters. The first-order chi connectivity index (χ1) is 12.8. The van der Waals surface area contributed by atoms with E-state index in [1.165, 1.54) is 5.56 Å². The standard InChI is InChI=1S/C22H18N2O2/c1-2-26-22(25)20-15-19(10-12-23-20)24-13-11-17-8-9-18(14-21(17)24)16-6-4-3-5-7-16/h3-15H,2H2,1H3. The molecule has 0 saturated heterocycles. The van der Waals surface area contributed by atoms with Crippen LogP contribution in [-0.4, -0.2) is 22.1 Å². The molecule has 0 radical (unpaired) electrons. The number of hydrogen-bond acceptors (Lipinski definition) is 3. The molecule has 0 amide bonds. The minimum absolute atomic E-state index is 0.311. The van der Waals surface area contributed by atoms with Crippen molar-refractivity contribution in [2.75, 3.05) is 6.61 Å². The van der Waals surface area contributed by atoms with E-state index >= 15 is 0 Å². The van der Waals surface area contributed by atoms with Gasteiger partial charge in [-0.25, -0.2) is 9.78 Å². The quantitative estimate of drug-likeness (QED) is 0.497. The smallest absolute Gasteiger partial charge is 0.356 e. The number of esters is 1. The predicted octanol–water partition coefficient (Wildman–Crippen LogP) is 4.87. The van der Waals surface area contributed by atoms with Gasteiger partial charge in [0.1, 0.15) is 5.69 Å². The van der Waals surface area contributed by atoms with Gasteiger partial charge in [-0.15, -0.1) is 0 Å². The van der Waals surface area contributed by atoms with E-state index in [2.05, 4.69) is 45.9 Å². The van der Waals surface area contributed by atoms with Gasteiger partial charge < -0.3 is 9.30 Å². The Hall–Kier alpha value is -3.40. The van der Waals surface area contributed by atoms with E-state index < -0.39 is 5.97 Å². The lowest BCUT2D eigenvalue weighted by molar-refractivity contribution is 0.0519. The van der Waals surface area contributed by atoms with Gasteiger partial charge in [-0.05, 0) is 47.7 Å². The Kier molecular flexibility index (Phi) is 4.23. The first kappa shape index (κ1) is 16.1. The van der Waals surface area contributed by atoms with Crippen LogP contribution in [0.5, 0.6) is 0 Å². The van der Waals surface area contributed by atoms with Gasteiger partial charge in [0.25, 0.3) is 0 Å². The lowest BCUT2D eigenvalue weighted by Gasteiger charge is -2.09. The van der Waals surface area contributed by atoms with E-state index in [-0.39, 0.29) is 0 Å². The summed E-state index contributed by atoms with van der Waals surface area (Å²) in [6.45, 7) is 2.12. The molecule has 4 nitrogen and oxygen atoms in total. The Balaban J connectivity index is 1.80. The van der Waals surface area contributed by atoms with E-state index in [4.69, 9.17) is 4.74 Å². The molecule has 2 aromatic heterocycles. The molecule has 0 aliphatic heterocycles. The van der Waals surface area contributed by atoms with Crippen LogP contribution in [0.15, 0.2) is 79.1 Å². The Morgan fingerprint density at radius 3 is 2.65 bits per heavy atom. The van der Waals surface area contributed by atoms with Crippen molar-refractivity contribution >= 4 is 16.9 Å². The lowest BCUT2D eigenvalue weighted by atomic mass is 10.0. The third-order valence-corrected chi connectivity index (χ3v) is 4.31. The molecule has 4 rings (SSSR count). The van der Waals surface area contributed by atoms with Crippen LogP contribution >= 0.6 is 0 Å². The molecule has 0 fully saturated rings. The van der Waals surface area contributed by atoms with Crippen molar-refractivity contribution < 1.29 is 9.53 Å². The molecule has 4 heteroatoms. The number of hydrogen-bond donors (Lipinski definition) is 0. The van der Waals surface area contributed by atoms with Crippen LogP contribution in [-0.2, 0) is 4.74 Å². The van der Waals surface area contributed by atoms with Crippen LogP contribution in [0.1, 0.15) is 17.4 Å². The molecule has 2 heterocycles. The molecule has 0 spiro atoms. The number of nitrogens with zero attached hydrogens (tertiary/aromatic N) is 2. The summed E-state index contributed by atoms with van der Waals surface area (Å²) in [5.41, 5.74) is 4.59. The second kappa shape index (κ2) is 6.84. The maximum Gasteiger partial charge on any atom is 0.356 e. The van der Waals surface area contributed by atoms with Crippen LogP contribution < -0.4 is 0 Å². The van der Waals surface area contributed by atoms with Gasteiger partial charge in [-0.1, -0.05) is 42.5 Å². The molecular formula is C22H18N2O2.